The molecule has 2 aromatic rings. The van der Waals surface area contributed by atoms with Crippen LogP contribution in [0.5, 0.6) is 0 Å². The van der Waals surface area contributed by atoms with Crippen molar-refractivity contribution in [3.05, 3.63) is 48.2 Å². The summed E-state index contributed by atoms with van der Waals surface area (Å²) in [6.07, 6.45) is 2.72. The molecule has 0 radical (unpaired) electrons. The summed E-state index contributed by atoms with van der Waals surface area (Å²) in [6, 6.07) is 10.1. The molecule has 0 bridgehead atoms. The predicted molar refractivity (Wildman–Crippen MR) is 77.9 cm³/mol. The van der Waals surface area contributed by atoms with E-state index in [1.807, 2.05) is 0 Å². The molecule has 0 aliphatic heterocycles. The Balaban J connectivity index is 2.16. The summed E-state index contributed by atoms with van der Waals surface area (Å²) in [6.45, 7) is 1.49. The van der Waals surface area contributed by atoms with Crippen molar-refractivity contribution in [1.82, 2.24) is 4.98 Å². The lowest BCUT2D eigenvalue weighted by Gasteiger charge is -2.03. The number of hydrogen-bond donors (Lipinski definition) is 0. The third-order valence-corrected chi connectivity index (χ3v) is 4.70. The number of sulfone groups is 1. The van der Waals surface area contributed by atoms with E-state index in [0.29, 0.717) is 10.5 Å². The maximum atomic E-state index is 11.4. The van der Waals surface area contributed by atoms with Crippen molar-refractivity contribution in [3.8, 4) is 0 Å². The lowest BCUT2D eigenvalue weighted by atomic mass is 10.2. The Morgan fingerprint density at radius 2 is 1.75 bits per heavy atom. The molecular formula is C14H13NO3S2. The van der Waals surface area contributed by atoms with Gasteiger partial charge in [0.25, 0.3) is 0 Å². The van der Waals surface area contributed by atoms with E-state index < -0.39 is 9.84 Å². The van der Waals surface area contributed by atoms with Crippen LogP contribution < -0.4 is 0 Å². The number of aromatic nitrogens is 1. The van der Waals surface area contributed by atoms with Crippen LogP contribution >= 0.6 is 11.8 Å². The summed E-state index contributed by atoms with van der Waals surface area (Å²) in [4.78, 5) is 16.5. The second kappa shape index (κ2) is 5.76. The number of Topliss-reactive ketones (excluding diaryl/α,β-unsaturated/α-hetero) is 1. The number of carbonyl (C=O) groups is 1. The van der Waals surface area contributed by atoms with E-state index in [4.69, 9.17) is 0 Å². The van der Waals surface area contributed by atoms with Gasteiger partial charge in [-0.25, -0.2) is 13.4 Å². The quantitative estimate of drug-likeness (QED) is 0.813. The zero-order valence-electron chi connectivity index (χ0n) is 11.0. The minimum atomic E-state index is -3.17. The molecule has 1 heterocycles. The predicted octanol–water partition coefficient (Wildman–Crippen LogP) is 2.84. The van der Waals surface area contributed by atoms with E-state index >= 15 is 0 Å². The fourth-order valence-electron chi connectivity index (χ4n) is 1.52. The number of benzene rings is 1. The smallest absolute Gasteiger partial charge is 0.175 e. The van der Waals surface area contributed by atoms with Crippen LogP contribution in [0.15, 0.2) is 57.4 Å². The highest BCUT2D eigenvalue weighted by Gasteiger charge is 2.07. The summed E-state index contributed by atoms with van der Waals surface area (Å²) < 4.78 is 22.7. The second-order valence-electron chi connectivity index (χ2n) is 4.29. The van der Waals surface area contributed by atoms with Crippen molar-refractivity contribution in [1.29, 1.82) is 0 Å². The molecule has 0 saturated heterocycles. The molecule has 104 valence electrons. The van der Waals surface area contributed by atoms with E-state index in [0.717, 1.165) is 9.92 Å². The lowest BCUT2D eigenvalue weighted by molar-refractivity contribution is 0.101. The van der Waals surface area contributed by atoms with Crippen LogP contribution in [0.4, 0.5) is 0 Å². The Morgan fingerprint density at radius 3 is 2.20 bits per heavy atom. The van der Waals surface area contributed by atoms with Gasteiger partial charge in [0, 0.05) is 22.9 Å². The van der Waals surface area contributed by atoms with Crippen molar-refractivity contribution in [2.24, 2.45) is 0 Å². The monoisotopic (exact) mass is 307 g/mol. The van der Waals surface area contributed by atoms with Crippen LogP contribution in [0, 0.1) is 0 Å². The zero-order chi connectivity index (χ0) is 14.8. The van der Waals surface area contributed by atoms with Gasteiger partial charge in [-0.1, -0.05) is 11.8 Å². The average molecular weight is 307 g/mol. The Morgan fingerprint density at radius 1 is 1.10 bits per heavy atom. The minimum Gasteiger partial charge on any atom is -0.294 e. The van der Waals surface area contributed by atoms with Gasteiger partial charge in [0.05, 0.1) is 4.90 Å². The number of carbonyl (C=O) groups excluding carboxylic acids is 1. The minimum absolute atomic E-state index is 0.0217. The number of nitrogens with zero attached hydrogens (tertiary/aromatic N) is 1. The van der Waals surface area contributed by atoms with Gasteiger partial charge in [0.2, 0.25) is 0 Å². The van der Waals surface area contributed by atoms with Crippen molar-refractivity contribution >= 4 is 27.4 Å². The van der Waals surface area contributed by atoms with Gasteiger partial charge in [-0.2, -0.15) is 0 Å². The number of ketones is 1. The first kappa shape index (κ1) is 14.7. The largest absolute Gasteiger partial charge is 0.294 e. The summed E-state index contributed by atoms with van der Waals surface area (Å²) in [5, 5.41) is 0.752. The van der Waals surface area contributed by atoms with Gasteiger partial charge in [-0.15, -0.1) is 0 Å². The molecule has 2 rings (SSSR count). The SMILES string of the molecule is CC(=O)c1ccc(Sc2ccc(S(C)(=O)=O)cc2)nc1. The molecule has 1 aromatic carbocycles. The van der Waals surface area contributed by atoms with Gasteiger partial charge in [-0.05, 0) is 43.3 Å². The van der Waals surface area contributed by atoms with Crippen molar-refractivity contribution in [2.75, 3.05) is 6.26 Å². The van der Waals surface area contributed by atoms with E-state index in [1.54, 1.807) is 36.4 Å². The summed E-state index contributed by atoms with van der Waals surface area (Å²) in [7, 11) is -3.17. The van der Waals surface area contributed by atoms with E-state index in [1.165, 1.54) is 31.1 Å². The average Bonchev–Trinajstić information content (AvgIpc) is 2.39. The standard InChI is InChI=1S/C14H13NO3S2/c1-10(16)11-3-8-14(15-9-11)19-12-4-6-13(7-5-12)20(2,17)18/h3-9H,1-2H3. The normalized spacial score (nSPS) is 11.3. The van der Waals surface area contributed by atoms with E-state index in [9.17, 15) is 13.2 Å². The Labute approximate surface area is 122 Å². The maximum absolute atomic E-state index is 11.4. The number of pyridine rings is 1. The summed E-state index contributed by atoms with van der Waals surface area (Å²) >= 11 is 1.41. The molecule has 0 fully saturated rings. The number of rotatable bonds is 4. The molecule has 0 spiro atoms. The van der Waals surface area contributed by atoms with Gasteiger partial charge in [0.15, 0.2) is 15.6 Å². The molecular weight excluding hydrogens is 294 g/mol. The molecule has 0 aliphatic carbocycles. The molecule has 1 aromatic heterocycles. The topological polar surface area (TPSA) is 64.1 Å². The van der Waals surface area contributed by atoms with Gasteiger partial charge < -0.3 is 0 Å². The van der Waals surface area contributed by atoms with Gasteiger partial charge in [0.1, 0.15) is 5.03 Å². The van der Waals surface area contributed by atoms with Crippen molar-refractivity contribution in [3.63, 3.8) is 0 Å². The Bertz CT molecular complexity index is 720. The molecule has 0 unspecified atom stereocenters. The maximum Gasteiger partial charge on any atom is 0.175 e. The van der Waals surface area contributed by atoms with Crippen LogP contribution in [0.25, 0.3) is 0 Å². The molecule has 0 N–H and O–H groups in total. The third kappa shape index (κ3) is 3.68. The highest BCUT2D eigenvalue weighted by Crippen LogP contribution is 2.26. The number of hydrogen-bond acceptors (Lipinski definition) is 5. The van der Waals surface area contributed by atoms with Crippen LogP contribution in [-0.2, 0) is 9.84 Å². The first-order chi connectivity index (χ1) is 9.36. The fourth-order valence-corrected chi connectivity index (χ4v) is 2.91. The first-order valence-electron chi connectivity index (χ1n) is 5.81. The molecule has 20 heavy (non-hydrogen) atoms. The summed E-state index contributed by atoms with van der Waals surface area (Å²) in [5.74, 6) is -0.0217. The van der Waals surface area contributed by atoms with Gasteiger partial charge in [-0.3, -0.25) is 4.79 Å². The highest BCUT2D eigenvalue weighted by atomic mass is 32.2. The fraction of sp³-hybridized carbons (Fsp3) is 0.143. The van der Waals surface area contributed by atoms with Crippen LogP contribution in [0.3, 0.4) is 0 Å². The van der Waals surface area contributed by atoms with Crippen LogP contribution in [0.2, 0.25) is 0 Å². The van der Waals surface area contributed by atoms with Crippen molar-refractivity contribution in [2.45, 2.75) is 21.7 Å². The van der Waals surface area contributed by atoms with E-state index in [2.05, 4.69) is 4.98 Å². The van der Waals surface area contributed by atoms with Crippen molar-refractivity contribution < 1.29 is 13.2 Å². The van der Waals surface area contributed by atoms with Crippen LogP contribution in [0.1, 0.15) is 17.3 Å². The molecule has 0 saturated carbocycles. The second-order valence-corrected chi connectivity index (χ2v) is 7.40. The molecule has 4 nitrogen and oxygen atoms in total. The summed E-state index contributed by atoms with van der Waals surface area (Å²) in [5.41, 5.74) is 0.571. The Kier molecular flexibility index (Phi) is 4.25. The van der Waals surface area contributed by atoms with E-state index in [-0.39, 0.29) is 5.78 Å². The zero-order valence-corrected chi connectivity index (χ0v) is 12.7. The van der Waals surface area contributed by atoms with Gasteiger partial charge >= 0.3 is 0 Å². The lowest BCUT2D eigenvalue weighted by Crippen LogP contribution is -1.96. The Hall–Kier alpha value is -1.66. The van der Waals surface area contributed by atoms with Crippen LogP contribution in [-0.4, -0.2) is 25.4 Å². The first-order valence-corrected chi connectivity index (χ1v) is 8.52. The molecule has 0 atom stereocenters. The molecule has 0 amide bonds. The molecule has 6 heteroatoms. The third-order valence-electron chi connectivity index (χ3n) is 2.62. The highest BCUT2D eigenvalue weighted by molar-refractivity contribution is 7.99. The molecule has 0 aliphatic rings.